The van der Waals surface area contributed by atoms with Crippen LogP contribution >= 0.6 is 0 Å². The Morgan fingerprint density at radius 1 is 1.29 bits per heavy atom. The Hall–Kier alpha value is -1.96. The lowest BCUT2D eigenvalue weighted by Crippen LogP contribution is -2.09. The summed E-state index contributed by atoms with van der Waals surface area (Å²) in [6, 6.07) is 12.3. The molecule has 1 unspecified atom stereocenters. The highest BCUT2D eigenvalue weighted by molar-refractivity contribution is 5.51. The molecule has 2 nitrogen and oxygen atoms in total. The molecule has 0 aliphatic heterocycles. The monoisotopic (exact) mass is 227 g/mol. The van der Waals surface area contributed by atoms with Gasteiger partial charge in [0.2, 0.25) is 0 Å². The van der Waals surface area contributed by atoms with E-state index in [0.29, 0.717) is 0 Å². The van der Waals surface area contributed by atoms with Crippen LogP contribution in [-0.4, -0.2) is 0 Å². The number of benzene rings is 1. The van der Waals surface area contributed by atoms with Crippen LogP contribution in [0.15, 0.2) is 59.7 Å². The molecule has 1 N–H and O–H groups in total. The van der Waals surface area contributed by atoms with Crippen molar-refractivity contribution in [3.05, 3.63) is 66.6 Å². The van der Waals surface area contributed by atoms with Crippen LogP contribution in [0.2, 0.25) is 0 Å². The molecular weight excluding hydrogens is 210 g/mol. The molecule has 1 aromatic heterocycles. The maximum Gasteiger partial charge on any atom is 0.126 e. The first-order valence-electron chi connectivity index (χ1n) is 5.77. The zero-order valence-electron chi connectivity index (χ0n) is 10.0. The Bertz CT molecular complexity index is 473. The van der Waals surface area contributed by atoms with Crippen LogP contribution in [0, 0.1) is 6.92 Å². The standard InChI is InChI=1S/C15H17NO/c1-3-7-14(15-10-6-11-17-15)16-13-9-5-4-8-12(13)2/h3-6,8-11,14,16H,1,7H2,2H3. The van der Waals surface area contributed by atoms with Gasteiger partial charge in [0.05, 0.1) is 12.3 Å². The van der Waals surface area contributed by atoms with Crippen molar-refractivity contribution in [2.45, 2.75) is 19.4 Å². The minimum Gasteiger partial charge on any atom is -0.467 e. The number of aryl methyl sites for hydroxylation is 1. The first-order chi connectivity index (χ1) is 8.31. The zero-order valence-corrected chi connectivity index (χ0v) is 10.0. The van der Waals surface area contributed by atoms with Gasteiger partial charge in [-0.3, -0.25) is 0 Å². The van der Waals surface area contributed by atoms with Crippen LogP contribution in [0.3, 0.4) is 0 Å². The Kier molecular flexibility index (Phi) is 3.66. The highest BCUT2D eigenvalue weighted by Crippen LogP contribution is 2.25. The summed E-state index contributed by atoms with van der Waals surface area (Å²) in [7, 11) is 0. The number of rotatable bonds is 5. The highest BCUT2D eigenvalue weighted by atomic mass is 16.3. The molecule has 1 heterocycles. The van der Waals surface area contributed by atoms with Gasteiger partial charge in [-0.1, -0.05) is 24.3 Å². The Labute approximate surface area is 102 Å². The third-order valence-corrected chi connectivity index (χ3v) is 2.76. The molecule has 0 radical (unpaired) electrons. The van der Waals surface area contributed by atoms with Crippen LogP contribution < -0.4 is 5.32 Å². The van der Waals surface area contributed by atoms with Crippen LogP contribution in [0.25, 0.3) is 0 Å². The van der Waals surface area contributed by atoms with Crippen molar-refractivity contribution in [3.63, 3.8) is 0 Å². The maximum atomic E-state index is 5.45. The summed E-state index contributed by atoms with van der Waals surface area (Å²) in [5.41, 5.74) is 2.36. The molecule has 0 aliphatic carbocycles. The summed E-state index contributed by atoms with van der Waals surface area (Å²) in [4.78, 5) is 0. The Morgan fingerprint density at radius 2 is 2.12 bits per heavy atom. The van der Waals surface area contributed by atoms with Gasteiger partial charge in [0.25, 0.3) is 0 Å². The lowest BCUT2D eigenvalue weighted by atomic mass is 10.1. The molecule has 2 rings (SSSR count). The maximum absolute atomic E-state index is 5.45. The number of hydrogen-bond acceptors (Lipinski definition) is 2. The SMILES string of the molecule is C=CCC(Nc1ccccc1C)c1ccco1. The average Bonchev–Trinajstić information content (AvgIpc) is 2.85. The van der Waals surface area contributed by atoms with E-state index in [1.807, 2.05) is 30.3 Å². The van der Waals surface area contributed by atoms with Crippen molar-refractivity contribution in [3.8, 4) is 0 Å². The molecule has 0 spiro atoms. The van der Waals surface area contributed by atoms with Crippen molar-refractivity contribution in [1.82, 2.24) is 0 Å². The second kappa shape index (κ2) is 5.39. The molecule has 0 fully saturated rings. The van der Waals surface area contributed by atoms with Crippen molar-refractivity contribution >= 4 is 5.69 Å². The summed E-state index contributed by atoms with van der Waals surface area (Å²) in [5.74, 6) is 0.938. The second-order valence-electron chi connectivity index (χ2n) is 4.05. The number of para-hydroxylation sites is 1. The molecule has 1 aromatic carbocycles. The topological polar surface area (TPSA) is 25.2 Å². The van der Waals surface area contributed by atoms with Gasteiger partial charge in [-0.2, -0.15) is 0 Å². The molecule has 0 bridgehead atoms. The van der Waals surface area contributed by atoms with Gasteiger partial charge in [-0.05, 0) is 37.1 Å². The van der Waals surface area contributed by atoms with Crippen LogP contribution in [0.4, 0.5) is 5.69 Å². The van der Waals surface area contributed by atoms with E-state index in [1.54, 1.807) is 6.26 Å². The van der Waals surface area contributed by atoms with E-state index in [-0.39, 0.29) is 6.04 Å². The fourth-order valence-electron chi connectivity index (χ4n) is 1.82. The van der Waals surface area contributed by atoms with E-state index < -0.39 is 0 Å². The summed E-state index contributed by atoms with van der Waals surface area (Å²) >= 11 is 0. The number of furan rings is 1. The third kappa shape index (κ3) is 2.78. The molecule has 2 aromatic rings. The van der Waals surface area contributed by atoms with Crippen molar-refractivity contribution in [1.29, 1.82) is 0 Å². The normalized spacial score (nSPS) is 12.1. The minimum absolute atomic E-state index is 0.142. The van der Waals surface area contributed by atoms with E-state index in [1.165, 1.54) is 5.56 Å². The minimum atomic E-state index is 0.142. The fourth-order valence-corrected chi connectivity index (χ4v) is 1.82. The lowest BCUT2D eigenvalue weighted by molar-refractivity contribution is 0.480. The van der Waals surface area contributed by atoms with Gasteiger partial charge < -0.3 is 9.73 Å². The quantitative estimate of drug-likeness (QED) is 0.770. The third-order valence-electron chi connectivity index (χ3n) is 2.76. The summed E-state index contributed by atoms with van der Waals surface area (Å²) in [5, 5.41) is 3.49. The summed E-state index contributed by atoms with van der Waals surface area (Å²) in [6.45, 7) is 5.89. The molecule has 2 heteroatoms. The molecule has 0 saturated carbocycles. The number of nitrogens with one attached hydrogen (secondary N) is 1. The van der Waals surface area contributed by atoms with E-state index in [4.69, 9.17) is 4.42 Å². The lowest BCUT2D eigenvalue weighted by Gasteiger charge is -2.17. The van der Waals surface area contributed by atoms with Gasteiger partial charge in [-0.15, -0.1) is 6.58 Å². The van der Waals surface area contributed by atoms with Crippen molar-refractivity contribution in [2.75, 3.05) is 5.32 Å². The second-order valence-corrected chi connectivity index (χ2v) is 4.05. The van der Waals surface area contributed by atoms with Crippen LogP contribution in [-0.2, 0) is 0 Å². The van der Waals surface area contributed by atoms with E-state index in [0.717, 1.165) is 17.9 Å². The van der Waals surface area contributed by atoms with E-state index in [9.17, 15) is 0 Å². The molecule has 0 aliphatic rings. The molecule has 88 valence electrons. The first kappa shape index (κ1) is 11.5. The molecular formula is C15H17NO. The Morgan fingerprint density at radius 3 is 2.76 bits per heavy atom. The predicted octanol–water partition coefficient (Wildman–Crippen LogP) is 4.32. The van der Waals surface area contributed by atoms with Crippen molar-refractivity contribution in [2.24, 2.45) is 0 Å². The average molecular weight is 227 g/mol. The number of hydrogen-bond donors (Lipinski definition) is 1. The van der Waals surface area contributed by atoms with Gasteiger partial charge in [0.1, 0.15) is 5.76 Å². The van der Waals surface area contributed by atoms with Crippen LogP contribution in [0.5, 0.6) is 0 Å². The predicted molar refractivity (Wildman–Crippen MR) is 71.1 cm³/mol. The highest BCUT2D eigenvalue weighted by Gasteiger charge is 2.12. The summed E-state index contributed by atoms with van der Waals surface area (Å²) < 4.78 is 5.45. The van der Waals surface area contributed by atoms with Gasteiger partial charge >= 0.3 is 0 Å². The first-order valence-corrected chi connectivity index (χ1v) is 5.77. The van der Waals surface area contributed by atoms with Gasteiger partial charge in [0, 0.05) is 5.69 Å². The summed E-state index contributed by atoms with van der Waals surface area (Å²) in [6.07, 6.45) is 4.44. The molecule has 0 amide bonds. The fraction of sp³-hybridized carbons (Fsp3) is 0.200. The van der Waals surface area contributed by atoms with Crippen molar-refractivity contribution < 1.29 is 4.42 Å². The largest absolute Gasteiger partial charge is 0.467 e. The van der Waals surface area contributed by atoms with E-state index in [2.05, 4.69) is 31.0 Å². The zero-order chi connectivity index (χ0) is 12.1. The molecule has 17 heavy (non-hydrogen) atoms. The number of anilines is 1. The van der Waals surface area contributed by atoms with Gasteiger partial charge in [-0.25, -0.2) is 0 Å². The van der Waals surface area contributed by atoms with Gasteiger partial charge in [0.15, 0.2) is 0 Å². The van der Waals surface area contributed by atoms with E-state index >= 15 is 0 Å². The Balaban J connectivity index is 2.19. The van der Waals surface area contributed by atoms with Crippen LogP contribution in [0.1, 0.15) is 23.8 Å². The smallest absolute Gasteiger partial charge is 0.126 e. The molecule has 1 atom stereocenters. The molecule has 0 saturated heterocycles.